The first kappa shape index (κ1) is 25.5. The molecule has 2 saturated heterocycles. The third kappa shape index (κ3) is 5.67. The molecule has 0 aromatic carbocycles. The van der Waals surface area contributed by atoms with Gasteiger partial charge in [-0.05, 0) is 20.3 Å². The van der Waals surface area contributed by atoms with Crippen LogP contribution in [0.2, 0.25) is 0 Å². The first-order chi connectivity index (χ1) is 15.6. The van der Waals surface area contributed by atoms with E-state index in [1.165, 1.54) is 13.8 Å². The van der Waals surface area contributed by atoms with Crippen molar-refractivity contribution in [1.82, 2.24) is 9.55 Å². The number of unbranched alkanes of at least 4 members (excludes halogenated alkanes) is 2. The zero-order valence-electron chi connectivity index (χ0n) is 18.6. The first-order valence-electron chi connectivity index (χ1n) is 10.9. The predicted molar refractivity (Wildman–Crippen MR) is 110 cm³/mol. The molecule has 2 unspecified atom stereocenters. The van der Waals surface area contributed by atoms with Gasteiger partial charge in [0.15, 0.2) is 24.2 Å². The van der Waals surface area contributed by atoms with E-state index in [4.69, 9.17) is 18.9 Å². The van der Waals surface area contributed by atoms with Gasteiger partial charge < -0.3 is 34.3 Å². The van der Waals surface area contributed by atoms with E-state index in [0.29, 0.717) is 6.42 Å². The lowest BCUT2D eigenvalue weighted by atomic mass is 10.1. The zero-order chi connectivity index (χ0) is 24.3. The lowest BCUT2D eigenvalue weighted by Gasteiger charge is -2.26. The summed E-state index contributed by atoms with van der Waals surface area (Å²) >= 11 is 0. The quantitative estimate of drug-likeness (QED) is 0.384. The molecule has 0 aliphatic carbocycles. The third-order valence-electron chi connectivity index (χ3n) is 5.59. The molecule has 2 aliphatic heterocycles. The van der Waals surface area contributed by atoms with Crippen molar-refractivity contribution in [2.75, 3.05) is 11.9 Å². The van der Waals surface area contributed by atoms with Crippen LogP contribution in [0.15, 0.2) is 11.0 Å². The lowest BCUT2D eigenvalue weighted by Crippen LogP contribution is -2.43. The molecule has 1 aromatic rings. The predicted octanol–water partition coefficient (Wildman–Crippen LogP) is 0.251. The zero-order valence-corrected chi connectivity index (χ0v) is 18.6. The van der Waals surface area contributed by atoms with Gasteiger partial charge in [-0.25, -0.2) is 14.0 Å². The van der Waals surface area contributed by atoms with Crippen LogP contribution in [0.1, 0.15) is 46.3 Å². The molecule has 3 heterocycles. The molecule has 186 valence electrons. The van der Waals surface area contributed by atoms with Crippen molar-refractivity contribution < 1.29 is 43.5 Å². The summed E-state index contributed by atoms with van der Waals surface area (Å²) in [5, 5.41) is 32.5. The van der Waals surface area contributed by atoms with E-state index < -0.39 is 72.6 Å². The van der Waals surface area contributed by atoms with Crippen molar-refractivity contribution in [3.05, 3.63) is 22.5 Å². The number of carbonyl (C=O) groups is 1. The normalized spacial score (nSPS) is 33.9. The van der Waals surface area contributed by atoms with Crippen LogP contribution in [-0.2, 0) is 18.9 Å². The fourth-order valence-electron chi connectivity index (χ4n) is 3.63. The number of ether oxygens (including phenoxy) is 4. The molecule has 33 heavy (non-hydrogen) atoms. The molecule has 13 heteroatoms. The van der Waals surface area contributed by atoms with Crippen molar-refractivity contribution in [2.45, 2.75) is 89.2 Å². The molecule has 0 radical (unpaired) electrons. The SMILES string of the molecule is CCCCCOC(=O)Nc1nc(=O)n([C@@H]2O[C@H](C)C(O)[C@H]2OC2O[C@@H](C)[C@H](O)[C@@H]2O)cc1F. The highest BCUT2D eigenvalue weighted by atomic mass is 19.1. The molecule has 0 bridgehead atoms. The highest BCUT2D eigenvalue weighted by Crippen LogP contribution is 2.34. The number of nitrogens with one attached hydrogen (secondary N) is 1. The molecular formula is C20H30FN3O9. The molecule has 2 aliphatic rings. The molecule has 1 aromatic heterocycles. The number of nitrogens with zero attached hydrogens (tertiary/aromatic N) is 2. The summed E-state index contributed by atoms with van der Waals surface area (Å²) in [6, 6.07) is 0. The molecular weight excluding hydrogens is 445 g/mol. The fourth-order valence-corrected chi connectivity index (χ4v) is 3.63. The second-order valence-corrected chi connectivity index (χ2v) is 8.11. The van der Waals surface area contributed by atoms with E-state index in [1.807, 2.05) is 6.92 Å². The molecule has 3 rings (SSSR count). The number of hydrogen-bond donors (Lipinski definition) is 4. The van der Waals surface area contributed by atoms with Gasteiger partial charge in [0.1, 0.15) is 24.4 Å². The topological polar surface area (TPSA) is 162 Å². The Balaban J connectivity index is 1.74. The Labute approximate surface area is 189 Å². The minimum absolute atomic E-state index is 0.144. The van der Waals surface area contributed by atoms with E-state index >= 15 is 0 Å². The molecule has 0 spiro atoms. The molecule has 8 atom stereocenters. The van der Waals surface area contributed by atoms with Gasteiger partial charge in [-0.3, -0.25) is 9.88 Å². The van der Waals surface area contributed by atoms with Gasteiger partial charge in [0, 0.05) is 0 Å². The van der Waals surface area contributed by atoms with Crippen LogP contribution < -0.4 is 11.0 Å². The summed E-state index contributed by atoms with van der Waals surface area (Å²) in [6.07, 6.45) is -7.01. The summed E-state index contributed by atoms with van der Waals surface area (Å²) in [6.45, 7) is 5.18. The Morgan fingerprint density at radius 2 is 1.88 bits per heavy atom. The smallest absolute Gasteiger partial charge is 0.412 e. The van der Waals surface area contributed by atoms with E-state index in [0.717, 1.165) is 23.6 Å². The maximum absolute atomic E-state index is 14.6. The minimum Gasteiger partial charge on any atom is -0.449 e. The summed E-state index contributed by atoms with van der Waals surface area (Å²) in [5.74, 6) is -1.66. The van der Waals surface area contributed by atoms with Crippen LogP contribution in [0.3, 0.4) is 0 Å². The molecule has 1 amide bonds. The standard InChI is InChI=1S/C20H30FN3O9/c1-4-5-6-7-30-20(29)23-16-11(21)8-24(19(28)22-16)17-15(13(26)10(3)31-17)33-18-14(27)12(25)9(2)32-18/h8-10,12-15,17-18,25-27H,4-7H2,1-3H3,(H,22,23,28,29)/t9-,10+,12-,13?,14-,15+,17+,18?/m0/s1. The number of aliphatic hydroxyl groups excluding tert-OH is 3. The number of halogens is 1. The number of rotatable bonds is 8. The maximum atomic E-state index is 14.6. The van der Waals surface area contributed by atoms with Gasteiger partial charge in [0.05, 0.1) is 25.0 Å². The second-order valence-electron chi connectivity index (χ2n) is 8.11. The number of aliphatic hydroxyl groups is 3. The Morgan fingerprint density at radius 1 is 1.18 bits per heavy atom. The fraction of sp³-hybridized carbons (Fsp3) is 0.750. The monoisotopic (exact) mass is 475 g/mol. The summed E-state index contributed by atoms with van der Waals surface area (Å²) in [7, 11) is 0. The van der Waals surface area contributed by atoms with Gasteiger partial charge in [-0.15, -0.1) is 0 Å². The van der Waals surface area contributed by atoms with Crippen molar-refractivity contribution in [2.24, 2.45) is 0 Å². The highest BCUT2D eigenvalue weighted by Gasteiger charge is 2.49. The van der Waals surface area contributed by atoms with Crippen molar-refractivity contribution in [3.63, 3.8) is 0 Å². The van der Waals surface area contributed by atoms with Gasteiger partial charge >= 0.3 is 11.8 Å². The van der Waals surface area contributed by atoms with Gasteiger partial charge in [-0.2, -0.15) is 4.98 Å². The third-order valence-corrected chi connectivity index (χ3v) is 5.59. The summed E-state index contributed by atoms with van der Waals surface area (Å²) < 4.78 is 36.9. The highest BCUT2D eigenvalue weighted by molar-refractivity contribution is 5.83. The molecule has 12 nitrogen and oxygen atoms in total. The first-order valence-corrected chi connectivity index (χ1v) is 10.9. The maximum Gasteiger partial charge on any atom is 0.412 e. The van der Waals surface area contributed by atoms with Crippen LogP contribution in [0.4, 0.5) is 15.0 Å². The average molecular weight is 475 g/mol. The van der Waals surface area contributed by atoms with E-state index in [2.05, 4.69) is 10.3 Å². The number of aromatic nitrogens is 2. The van der Waals surface area contributed by atoms with E-state index in [9.17, 15) is 29.3 Å². The van der Waals surface area contributed by atoms with Gasteiger partial charge in [0.25, 0.3) is 0 Å². The van der Waals surface area contributed by atoms with Crippen molar-refractivity contribution >= 4 is 11.9 Å². The molecule has 0 saturated carbocycles. The van der Waals surface area contributed by atoms with Crippen molar-refractivity contribution in [3.8, 4) is 0 Å². The Morgan fingerprint density at radius 3 is 2.52 bits per heavy atom. The number of hydrogen-bond acceptors (Lipinski definition) is 10. The molecule has 2 fully saturated rings. The van der Waals surface area contributed by atoms with E-state index in [1.54, 1.807) is 0 Å². The Hall–Kier alpha value is -2.16. The minimum atomic E-state index is -1.40. The van der Waals surface area contributed by atoms with Crippen LogP contribution in [0, 0.1) is 5.82 Å². The summed E-state index contributed by atoms with van der Waals surface area (Å²) in [5.41, 5.74) is -0.987. The number of amides is 1. The van der Waals surface area contributed by atoms with Crippen LogP contribution in [0.25, 0.3) is 0 Å². The Bertz CT molecular complexity index is 885. The van der Waals surface area contributed by atoms with Crippen molar-refractivity contribution in [1.29, 1.82) is 0 Å². The lowest BCUT2D eigenvalue weighted by molar-refractivity contribution is -0.216. The largest absolute Gasteiger partial charge is 0.449 e. The second kappa shape index (κ2) is 10.8. The van der Waals surface area contributed by atoms with Crippen LogP contribution in [0.5, 0.6) is 0 Å². The summed E-state index contributed by atoms with van der Waals surface area (Å²) in [4.78, 5) is 27.9. The number of anilines is 1. The van der Waals surface area contributed by atoms with Gasteiger partial charge in [0.2, 0.25) is 0 Å². The van der Waals surface area contributed by atoms with Crippen LogP contribution >= 0.6 is 0 Å². The van der Waals surface area contributed by atoms with E-state index in [-0.39, 0.29) is 6.61 Å². The Kier molecular flexibility index (Phi) is 8.37. The average Bonchev–Trinajstić information content (AvgIpc) is 3.18. The number of carbonyl (C=O) groups excluding carboxylic acids is 1. The van der Waals surface area contributed by atoms with Crippen LogP contribution in [-0.4, -0.2) is 80.5 Å². The molecule has 4 N–H and O–H groups in total. The van der Waals surface area contributed by atoms with Gasteiger partial charge in [-0.1, -0.05) is 19.8 Å².